The van der Waals surface area contributed by atoms with Gasteiger partial charge < -0.3 is 24.6 Å². The minimum absolute atomic E-state index is 0.175. The minimum atomic E-state index is -4.65. The largest absolute Gasteiger partial charge is 0.472 e. The van der Waals surface area contributed by atoms with Crippen LogP contribution in [0.2, 0.25) is 0 Å². The van der Waals surface area contributed by atoms with Gasteiger partial charge in [0.25, 0.3) is 0 Å². The zero-order chi connectivity index (χ0) is 46.2. The maximum Gasteiger partial charge on any atom is 0.472 e. The zero-order valence-electron chi connectivity index (χ0n) is 40.3. The smallest absolute Gasteiger partial charge is 0.457 e. The van der Waals surface area contributed by atoms with Crippen LogP contribution in [-0.4, -0.2) is 65.7 Å². The third-order valence-corrected chi connectivity index (χ3v) is 12.0. The van der Waals surface area contributed by atoms with Gasteiger partial charge in [-0.2, -0.15) is 0 Å². The van der Waals surface area contributed by atoms with Crippen molar-refractivity contribution in [1.29, 1.82) is 0 Å². The molecule has 0 aromatic carbocycles. The highest BCUT2D eigenvalue weighted by Crippen LogP contribution is 2.43. The summed E-state index contributed by atoms with van der Waals surface area (Å²) in [7, 11) is -4.65. The molecule has 368 valence electrons. The Hall–Kier alpha value is -2.07. The zero-order valence-corrected chi connectivity index (χ0v) is 41.2. The van der Waals surface area contributed by atoms with Gasteiger partial charge in [0.05, 0.1) is 26.4 Å². The molecule has 0 fully saturated rings. The molecular formula is C52H95O10P. The van der Waals surface area contributed by atoms with Crippen molar-refractivity contribution in [3.8, 4) is 0 Å². The third-order valence-electron chi connectivity index (χ3n) is 11.1. The summed E-state index contributed by atoms with van der Waals surface area (Å²) in [6, 6.07) is 0. The first-order valence-corrected chi connectivity index (χ1v) is 27.1. The van der Waals surface area contributed by atoms with E-state index < -0.39 is 58.4 Å². The number of allylic oxidation sites excluding steroid dienone is 8. The Balaban J connectivity index is 3.84. The van der Waals surface area contributed by atoms with E-state index in [1.165, 1.54) is 109 Å². The second-order valence-electron chi connectivity index (χ2n) is 17.1. The van der Waals surface area contributed by atoms with Crippen molar-refractivity contribution < 1.29 is 47.8 Å². The van der Waals surface area contributed by atoms with Crippen LogP contribution >= 0.6 is 7.82 Å². The predicted molar refractivity (Wildman–Crippen MR) is 261 cm³/mol. The van der Waals surface area contributed by atoms with E-state index in [2.05, 4.69) is 62.5 Å². The average molecular weight is 911 g/mol. The second-order valence-corrected chi connectivity index (χ2v) is 18.6. The van der Waals surface area contributed by atoms with Crippen LogP contribution in [0.1, 0.15) is 232 Å². The van der Waals surface area contributed by atoms with E-state index in [1.807, 2.05) is 0 Å². The number of carbonyl (C=O) groups is 2. The number of esters is 2. The summed E-state index contributed by atoms with van der Waals surface area (Å²) in [5.74, 6) is -1.03. The van der Waals surface area contributed by atoms with E-state index in [-0.39, 0.29) is 12.8 Å². The molecule has 63 heavy (non-hydrogen) atoms. The third kappa shape index (κ3) is 46.3. The summed E-state index contributed by atoms with van der Waals surface area (Å²) in [4.78, 5) is 34.7. The molecule has 3 atom stereocenters. The Morgan fingerprint density at radius 2 is 0.746 bits per heavy atom. The van der Waals surface area contributed by atoms with Crippen LogP contribution in [0.25, 0.3) is 0 Å². The van der Waals surface area contributed by atoms with Gasteiger partial charge in [0.15, 0.2) is 0 Å². The van der Waals surface area contributed by atoms with Crippen LogP contribution in [0, 0.1) is 0 Å². The highest BCUT2D eigenvalue weighted by molar-refractivity contribution is 7.47. The van der Waals surface area contributed by atoms with Crippen molar-refractivity contribution in [2.24, 2.45) is 0 Å². The van der Waals surface area contributed by atoms with Crippen LogP contribution in [-0.2, 0) is 32.7 Å². The molecule has 0 spiro atoms. The van der Waals surface area contributed by atoms with Crippen molar-refractivity contribution in [1.82, 2.24) is 0 Å². The molecule has 0 aliphatic carbocycles. The fraction of sp³-hybridized carbons (Fsp3) is 0.808. The van der Waals surface area contributed by atoms with Crippen LogP contribution in [0.5, 0.6) is 0 Å². The van der Waals surface area contributed by atoms with E-state index in [9.17, 15) is 29.3 Å². The normalized spacial score (nSPS) is 14.0. The summed E-state index contributed by atoms with van der Waals surface area (Å²) < 4.78 is 32.7. The van der Waals surface area contributed by atoms with Crippen LogP contribution in [0.15, 0.2) is 48.6 Å². The fourth-order valence-corrected chi connectivity index (χ4v) is 7.95. The van der Waals surface area contributed by atoms with Crippen LogP contribution in [0.4, 0.5) is 0 Å². The summed E-state index contributed by atoms with van der Waals surface area (Å²) in [6.07, 6.45) is 53.7. The molecule has 0 saturated carbocycles. The first kappa shape index (κ1) is 60.9. The molecule has 0 rings (SSSR count). The molecule has 0 bridgehead atoms. The van der Waals surface area contributed by atoms with Gasteiger partial charge in [-0.05, 0) is 51.4 Å². The molecule has 3 unspecified atom stereocenters. The van der Waals surface area contributed by atoms with Gasteiger partial charge in [0.1, 0.15) is 12.2 Å². The number of carbonyl (C=O) groups excluding carboxylic acids is 2. The lowest BCUT2D eigenvalue weighted by Gasteiger charge is -2.20. The van der Waals surface area contributed by atoms with Gasteiger partial charge in [-0.15, -0.1) is 0 Å². The Labute approximate surface area is 385 Å². The highest BCUT2D eigenvalue weighted by atomic mass is 31.2. The summed E-state index contributed by atoms with van der Waals surface area (Å²) in [5.41, 5.74) is 0. The number of phosphoric ester groups is 1. The molecule has 0 radical (unpaired) electrons. The number of phosphoric acid groups is 1. The molecule has 0 aliphatic rings. The first-order valence-electron chi connectivity index (χ1n) is 25.6. The summed E-state index contributed by atoms with van der Waals surface area (Å²) in [6.45, 7) is 2.12. The molecular weight excluding hydrogens is 816 g/mol. The standard InChI is InChI=1S/C52H95O10P/c1-3-5-7-9-11-13-15-17-19-21-23-24-26-28-30-32-34-36-38-40-42-44-52(56)62-50(46-54)48-60-63(57,58)59-47-49(45-53)61-51(55)43-41-39-37-35-33-31-29-27-25-22-20-18-16-14-12-10-8-6-4-2/h6,8,12,14,18,20,25,27,49-50,53-54H,3-5,7,9-11,13,15-17,19,21-24,26,28-48H2,1-2H3,(H,57,58)/b8-6-,14-12-,20-18-,27-25-. The molecule has 11 heteroatoms. The Kier molecular flexibility index (Phi) is 46.3. The van der Waals surface area contributed by atoms with E-state index in [1.54, 1.807) is 0 Å². The van der Waals surface area contributed by atoms with Gasteiger partial charge in [-0.25, -0.2) is 4.57 Å². The van der Waals surface area contributed by atoms with E-state index in [0.717, 1.165) is 83.5 Å². The van der Waals surface area contributed by atoms with Crippen molar-refractivity contribution in [3.63, 3.8) is 0 Å². The number of rotatable bonds is 48. The highest BCUT2D eigenvalue weighted by Gasteiger charge is 2.27. The van der Waals surface area contributed by atoms with Crippen LogP contribution < -0.4 is 0 Å². The van der Waals surface area contributed by atoms with Crippen molar-refractivity contribution in [3.05, 3.63) is 48.6 Å². The monoisotopic (exact) mass is 911 g/mol. The number of hydrogen-bond acceptors (Lipinski definition) is 9. The summed E-state index contributed by atoms with van der Waals surface area (Å²) >= 11 is 0. The van der Waals surface area contributed by atoms with Gasteiger partial charge in [0, 0.05) is 12.8 Å². The van der Waals surface area contributed by atoms with Crippen LogP contribution in [0.3, 0.4) is 0 Å². The number of aliphatic hydroxyl groups is 2. The Morgan fingerprint density at radius 1 is 0.444 bits per heavy atom. The van der Waals surface area contributed by atoms with Gasteiger partial charge in [-0.1, -0.05) is 217 Å². The van der Waals surface area contributed by atoms with Crippen molar-refractivity contribution in [2.75, 3.05) is 26.4 Å². The topological polar surface area (TPSA) is 149 Å². The minimum Gasteiger partial charge on any atom is -0.457 e. The van der Waals surface area contributed by atoms with Gasteiger partial charge >= 0.3 is 19.8 Å². The second kappa shape index (κ2) is 47.9. The predicted octanol–water partition coefficient (Wildman–Crippen LogP) is 14.5. The van der Waals surface area contributed by atoms with Crippen molar-refractivity contribution >= 4 is 19.8 Å². The molecule has 0 aromatic rings. The number of unbranched alkanes of at least 4 members (excludes halogenated alkanes) is 26. The fourth-order valence-electron chi connectivity index (χ4n) is 7.17. The molecule has 0 heterocycles. The number of hydrogen-bond donors (Lipinski definition) is 3. The molecule has 3 N–H and O–H groups in total. The molecule has 10 nitrogen and oxygen atoms in total. The van der Waals surface area contributed by atoms with E-state index in [0.29, 0.717) is 12.8 Å². The Morgan fingerprint density at radius 3 is 1.08 bits per heavy atom. The molecule has 0 aromatic heterocycles. The quantitative estimate of drug-likeness (QED) is 0.0233. The molecule has 0 amide bonds. The van der Waals surface area contributed by atoms with Gasteiger partial charge in [-0.3, -0.25) is 18.6 Å². The maximum atomic E-state index is 12.4. The van der Waals surface area contributed by atoms with Crippen molar-refractivity contribution in [2.45, 2.75) is 244 Å². The van der Waals surface area contributed by atoms with E-state index >= 15 is 0 Å². The lowest BCUT2D eigenvalue weighted by molar-refractivity contribution is -0.153. The molecule has 0 aliphatic heterocycles. The summed E-state index contributed by atoms with van der Waals surface area (Å²) in [5, 5.41) is 19.3. The lowest BCUT2D eigenvalue weighted by atomic mass is 10.0. The van der Waals surface area contributed by atoms with Gasteiger partial charge in [0.2, 0.25) is 0 Å². The first-order chi connectivity index (χ1) is 30.8. The number of aliphatic hydroxyl groups excluding tert-OH is 2. The Bertz CT molecular complexity index is 1190. The number of ether oxygens (including phenoxy) is 2. The maximum absolute atomic E-state index is 12.4. The average Bonchev–Trinajstić information content (AvgIpc) is 3.27. The molecule has 0 saturated heterocycles. The van der Waals surface area contributed by atoms with E-state index in [4.69, 9.17) is 18.5 Å². The lowest BCUT2D eigenvalue weighted by Crippen LogP contribution is -2.28. The SMILES string of the molecule is CC/C=C\C/C=C\C/C=C\C/C=C\CCCCCCCCC(=O)OC(CO)COP(=O)(O)OCC(CO)OC(=O)CCCCCCCCCCCCCCCCCCCCCCC.